The van der Waals surface area contributed by atoms with Crippen molar-refractivity contribution in [3.63, 3.8) is 0 Å². The van der Waals surface area contributed by atoms with E-state index in [1.54, 1.807) is 6.07 Å². The number of alkyl halides is 2. The molecule has 2 aromatic carbocycles. The Bertz CT molecular complexity index is 911. The lowest BCUT2D eigenvalue weighted by molar-refractivity contribution is 0.102. The predicted octanol–water partition coefficient (Wildman–Crippen LogP) is 2.77. The van der Waals surface area contributed by atoms with Crippen LogP contribution in [0.1, 0.15) is 10.4 Å². The molecule has 144 valence electrons. The monoisotopic (exact) mass is 396 g/mol. The minimum absolute atomic E-state index is 0.167. The summed E-state index contributed by atoms with van der Waals surface area (Å²) in [6.07, 6.45) is 0. The third-order valence-corrected chi connectivity index (χ3v) is 5.56. The summed E-state index contributed by atoms with van der Waals surface area (Å²) in [5.41, 5.74) is 1.70. The minimum atomic E-state index is -4.68. The first kappa shape index (κ1) is 19.2. The lowest BCUT2D eigenvalue weighted by atomic mass is 10.2. The van der Waals surface area contributed by atoms with Gasteiger partial charge in [0.1, 0.15) is 0 Å². The Balaban J connectivity index is 1.72. The molecule has 3 rings (SSSR count). The van der Waals surface area contributed by atoms with Gasteiger partial charge in [-0.1, -0.05) is 6.07 Å². The topological polar surface area (TPSA) is 75.7 Å². The number of carbonyl (C=O) groups excluding carboxylic acids is 1. The second kappa shape index (κ2) is 8.01. The van der Waals surface area contributed by atoms with Gasteiger partial charge in [-0.2, -0.15) is 8.78 Å². The molecule has 0 atom stereocenters. The number of sulfone groups is 1. The molecular formula is C18H18F2N2O4S. The van der Waals surface area contributed by atoms with Gasteiger partial charge in [-0.3, -0.25) is 4.79 Å². The average Bonchev–Trinajstić information content (AvgIpc) is 2.69. The maximum Gasteiger partial charge on any atom is 0.341 e. The molecule has 0 unspecified atom stereocenters. The summed E-state index contributed by atoms with van der Waals surface area (Å²) in [7, 11) is -4.68. The number of anilines is 2. The van der Waals surface area contributed by atoms with Crippen molar-refractivity contribution >= 4 is 27.1 Å². The molecule has 0 aliphatic carbocycles. The number of amides is 1. The quantitative estimate of drug-likeness (QED) is 0.841. The highest BCUT2D eigenvalue weighted by Gasteiger charge is 2.26. The molecule has 0 spiro atoms. The van der Waals surface area contributed by atoms with Gasteiger partial charge in [0.2, 0.25) is 9.84 Å². The number of ether oxygens (including phenoxy) is 1. The van der Waals surface area contributed by atoms with E-state index in [1.807, 2.05) is 18.2 Å². The van der Waals surface area contributed by atoms with E-state index in [-0.39, 0.29) is 5.56 Å². The lowest BCUT2D eigenvalue weighted by Crippen LogP contribution is -2.36. The van der Waals surface area contributed by atoms with Gasteiger partial charge in [-0.25, -0.2) is 8.42 Å². The summed E-state index contributed by atoms with van der Waals surface area (Å²) in [5.74, 6) is -3.96. The Kier molecular flexibility index (Phi) is 5.71. The zero-order valence-electron chi connectivity index (χ0n) is 14.3. The molecule has 2 aromatic rings. The highest BCUT2D eigenvalue weighted by atomic mass is 32.2. The number of morpholine rings is 1. The SMILES string of the molecule is O=C(Nc1cccc(N2CCOCC2)c1)c1ccc(S(=O)(=O)C(F)F)cc1. The zero-order valence-corrected chi connectivity index (χ0v) is 15.1. The highest BCUT2D eigenvalue weighted by Crippen LogP contribution is 2.22. The fraction of sp³-hybridized carbons (Fsp3) is 0.278. The van der Waals surface area contributed by atoms with E-state index in [1.165, 1.54) is 12.1 Å². The summed E-state index contributed by atoms with van der Waals surface area (Å²) in [6, 6.07) is 11.7. The second-order valence-corrected chi connectivity index (χ2v) is 7.85. The number of carbonyl (C=O) groups is 1. The minimum Gasteiger partial charge on any atom is -0.378 e. The Morgan fingerprint density at radius 2 is 1.74 bits per heavy atom. The number of nitrogens with zero attached hydrogens (tertiary/aromatic N) is 1. The molecule has 1 saturated heterocycles. The Morgan fingerprint density at radius 3 is 2.37 bits per heavy atom. The van der Waals surface area contributed by atoms with Gasteiger partial charge in [0.05, 0.1) is 18.1 Å². The van der Waals surface area contributed by atoms with Crippen molar-refractivity contribution in [2.75, 3.05) is 36.5 Å². The molecule has 27 heavy (non-hydrogen) atoms. The van der Waals surface area contributed by atoms with Crippen LogP contribution in [-0.4, -0.2) is 46.4 Å². The Hall–Kier alpha value is -2.52. The second-order valence-electron chi connectivity index (χ2n) is 5.93. The van der Waals surface area contributed by atoms with Crippen molar-refractivity contribution in [3.05, 3.63) is 54.1 Å². The molecule has 1 aliphatic rings. The van der Waals surface area contributed by atoms with Gasteiger partial charge in [0, 0.05) is 30.0 Å². The van der Waals surface area contributed by atoms with Crippen molar-refractivity contribution in [1.82, 2.24) is 0 Å². The van der Waals surface area contributed by atoms with Crippen molar-refractivity contribution < 1.29 is 26.7 Å². The van der Waals surface area contributed by atoms with Gasteiger partial charge < -0.3 is 15.0 Å². The summed E-state index contributed by atoms with van der Waals surface area (Å²) < 4.78 is 53.3. The number of rotatable bonds is 5. The molecule has 0 radical (unpaired) electrons. The molecule has 6 nitrogen and oxygen atoms in total. The van der Waals surface area contributed by atoms with Crippen LogP contribution < -0.4 is 10.2 Å². The maximum atomic E-state index is 12.6. The van der Waals surface area contributed by atoms with E-state index >= 15 is 0 Å². The predicted molar refractivity (Wildman–Crippen MR) is 97.1 cm³/mol. The fourth-order valence-electron chi connectivity index (χ4n) is 2.70. The van der Waals surface area contributed by atoms with E-state index < -0.39 is 26.4 Å². The molecule has 1 fully saturated rings. The number of halogens is 2. The number of hydrogen-bond acceptors (Lipinski definition) is 5. The van der Waals surface area contributed by atoms with Gasteiger partial charge in [-0.05, 0) is 42.5 Å². The summed E-state index contributed by atoms with van der Waals surface area (Å²) in [5, 5.41) is 2.72. The average molecular weight is 396 g/mol. The van der Waals surface area contributed by atoms with Crippen molar-refractivity contribution in [1.29, 1.82) is 0 Å². The zero-order chi connectivity index (χ0) is 19.4. The van der Waals surface area contributed by atoms with Gasteiger partial charge in [0.25, 0.3) is 5.91 Å². The lowest BCUT2D eigenvalue weighted by Gasteiger charge is -2.29. The van der Waals surface area contributed by atoms with E-state index in [4.69, 9.17) is 4.74 Å². The largest absolute Gasteiger partial charge is 0.378 e. The van der Waals surface area contributed by atoms with Crippen LogP contribution in [0.5, 0.6) is 0 Å². The molecule has 1 heterocycles. The van der Waals surface area contributed by atoms with Crippen LogP contribution >= 0.6 is 0 Å². The van der Waals surface area contributed by atoms with Crippen LogP contribution in [0.2, 0.25) is 0 Å². The van der Waals surface area contributed by atoms with Crippen LogP contribution in [0.3, 0.4) is 0 Å². The van der Waals surface area contributed by atoms with Crippen LogP contribution in [0.4, 0.5) is 20.2 Å². The standard InChI is InChI=1S/C18H18F2N2O4S/c19-18(20)27(24,25)16-6-4-13(5-7-16)17(23)21-14-2-1-3-15(12-14)22-8-10-26-11-9-22/h1-7,12,18H,8-11H2,(H,21,23). The summed E-state index contributed by atoms with van der Waals surface area (Å²) in [4.78, 5) is 14.0. The smallest absolute Gasteiger partial charge is 0.341 e. The number of hydrogen-bond donors (Lipinski definition) is 1. The number of benzene rings is 2. The third-order valence-electron chi connectivity index (χ3n) is 4.16. The van der Waals surface area contributed by atoms with Gasteiger partial charge >= 0.3 is 5.76 Å². The van der Waals surface area contributed by atoms with Crippen molar-refractivity contribution in [2.24, 2.45) is 0 Å². The van der Waals surface area contributed by atoms with Crippen LogP contribution in [0.15, 0.2) is 53.4 Å². The Morgan fingerprint density at radius 1 is 1.07 bits per heavy atom. The molecule has 0 aromatic heterocycles. The molecule has 1 amide bonds. The van der Waals surface area contributed by atoms with E-state index in [0.29, 0.717) is 18.9 Å². The normalized spacial score (nSPS) is 15.0. The van der Waals surface area contributed by atoms with Crippen molar-refractivity contribution in [3.8, 4) is 0 Å². The van der Waals surface area contributed by atoms with Crippen LogP contribution in [0, 0.1) is 0 Å². The highest BCUT2D eigenvalue weighted by molar-refractivity contribution is 7.91. The van der Waals surface area contributed by atoms with E-state index in [2.05, 4.69) is 10.2 Å². The molecule has 0 bridgehead atoms. The van der Waals surface area contributed by atoms with E-state index in [9.17, 15) is 22.0 Å². The Labute approximate surface area is 155 Å². The summed E-state index contributed by atoms with van der Waals surface area (Å²) in [6.45, 7) is 2.81. The fourth-order valence-corrected chi connectivity index (χ4v) is 3.43. The first-order valence-corrected chi connectivity index (χ1v) is 9.79. The van der Waals surface area contributed by atoms with E-state index in [0.717, 1.165) is 30.9 Å². The maximum absolute atomic E-state index is 12.6. The van der Waals surface area contributed by atoms with Crippen molar-refractivity contribution in [2.45, 2.75) is 10.7 Å². The van der Waals surface area contributed by atoms with Crippen LogP contribution in [-0.2, 0) is 14.6 Å². The third kappa shape index (κ3) is 4.42. The van der Waals surface area contributed by atoms with Gasteiger partial charge in [0.15, 0.2) is 0 Å². The molecule has 9 heteroatoms. The van der Waals surface area contributed by atoms with Gasteiger partial charge in [-0.15, -0.1) is 0 Å². The molecule has 1 N–H and O–H groups in total. The molecule has 1 aliphatic heterocycles. The first-order valence-electron chi connectivity index (χ1n) is 8.24. The summed E-state index contributed by atoms with van der Waals surface area (Å²) >= 11 is 0. The molecular weight excluding hydrogens is 378 g/mol. The number of nitrogens with one attached hydrogen (secondary N) is 1. The first-order chi connectivity index (χ1) is 12.9. The van der Waals surface area contributed by atoms with Crippen LogP contribution in [0.25, 0.3) is 0 Å². The molecule has 0 saturated carbocycles.